The van der Waals surface area contributed by atoms with Crippen molar-refractivity contribution in [2.24, 2.45) is 0 Å². The first-order valence-electron chi connectivity index (χ1n) is 8.55. The number of carbonyl (C=O) groups is 1. The second kappa shape index (κ2) is 7.71. The summed E-state index contributed by atoms with van der Waals surface area (Å²) in [6.45, 7) is 0. The minimum atomic E-state index is -0.169. The first-order valence-corrected chi connectivity index (χ1v) is 8.55. The van der Waals surface area contributed by atoms with Gasteiger partial charge in [-0.15, -0.1) is 0 Å². The van der Waals surface area contributed by atoms with E-state index in [0.29, 0.717) is 22.6 Å². The quantitative estimate of drug-likeness (QED) is 0.480. The third kappa shape index (κ3) is 3.45. The SMILES string of the molecule is COc1ccc(C(=O)c2ccccc2)c(Oc2nnnn2-c2ccccc2)c1. The van der Waals surface area contributed by atoms with E-state index in [2.05, 4.69) is 15.5 Å². The van der Waals surface area contributed by atoms with Crippen LogP contribution in [0.1, 0.15) is 15.9 Å². The lowest BCUT2D eigenvalue weighted by Gasteiger charge is -2.12. The molecule has 4 rings (SSSR count). The number of rotatable bonds is 6. The van der Waals surface area contributed by atoms with Gasteiger partial charge < -0.3 is 9.47 Å². The summed E-state index contributed by atoms with van der Waals surface area (Å²) in [5, 5.41) is 11.6. The molecule has 0 spiro atoms. The van der Waals surface area contributed by atoms with Crippen LogP contribution in [-0.4, -0.2) is 33.1 Å². The lowest BCUT2D eigenvalue weighted by molar-refractivity contribution is 0.103. The summed E-state index contributed by atoms with van der Waals surface area (Å²) in [6.07, 6.45) is 0. The molecular weight excluding hydrogens is 356 g/mol. The molecule has 7 heteroatoms. The van der Waals surface area contributed by atoms with Gasteiger partial charge in [-0.25, -0.2) is 0 Å². The fourth-order valence-electron chi connectivity index (χ4n) is 2.72. The summed E-state index contributed by atoms with van der Waals surface area (Å²) < 4.78 is 12.7. The molecule has 0 amide bonds. The molecule has 0 aliphatic heterocycles. The Morgan fingerprint density at radius 2 is 1.64 bits per heavy atom. The average molecular weight is 372 g/mol. The highest BCUT2D eigenvalue weighted by molar-refractivity contribution is 6.10. The van der Waals surface area contributed by atoms with E-state index in [1.165, 1.54) is 4.68 Å². The van der Waals surface area contributed by atoms with Crippen molar-refractivity contribution >= 4 is 5.78 Å². The van der Waals surface area contributed by atoms with E-state index in [1.807, 2.05) is 48.5 Å². The highest BCUT2D eigenvalue weighted by Crippen LogP contribution is 2.30. The standard InChI is InChI=1S/C21H16N4O3/c1-27-17-12-13-18(20(26)15-8-4-2-5-9-15)19(14-17)28-21-22-23-24-25(21)16-10-6-3-7-11-16/h2-14H,1H3. The Balaban J connectivity index is 1.74. The second-order valence-corrected chi connectivity index (χ2v) is 5.87. The van der Waals surface area contributed by atoms with Crippen LogP contribution in [0.3, 0.4) is 0 Å². The van der Waals surface area contributed by atoms with Gasteiger partial charge >= 0.3 is 6.01 Å². The number of carbonyl (C=O) groups excluding carboxylic acids is 1. The van der Waals surface area contributed by atoms with Crippen LogP contribution in [-0.2, 0) is 0 Å². The zero-order valence-electron chi connectivity index (χ0n) is 15.0. The minimum Gasteiger partial charge on any atom is -0.497 e. The number of benzene rings is 3. The molecule has 0 saturated carbocycles. The Bertz CT molecular complexity index is 1100. The maximum absolute atomic E-state index is 13.0. The van der Waals surface area contributed by atoms with Crippen molar-refractivity contribution in [3.63, 3.8) is 0 Å². The van der Waals surface area contributed by atoms with Crippen LogP contribution in [0.4, 0.5) is 0 Å². The van der Waals surface area contributed by atoms with Crippen LogP contribution >= 0.6 is 0 Å². The number of hydrogen-bond acceptors (Lipinski definition) is 6. The fraction of sp³-hybridized carbons (Fsp3) is 0.0476. The van der Waals surface area contributed by atoms with Crippen molar-refractivity contribution in [1.82, 2.24) is 20.2 Å². The lowest BCUT2D eigenvalue weighted by atomic mass is 10.0. The van der Waals surface area contributed by atoms with Gasteiger partial charge in [0, 0.05) is 11.6 Å². The molecule has 0 N–H and O–H groups in total. The summed E-state index contributed by atoms with van der Waals surface area (Å²) >= 11 is 0. The van der Waals surface area contributed by atoms with Gasteiger partial charge in [-0.3, -0.25) is 4.79 Å². The monoisotopic (exact) mass is 372 g/mol. The Morgan fingerprint density at radius 1 is 0.929 bits per heavy atom. The molecule has 0 atom stereocenters. The van der Waals surface area contributed by atoms with Crippen LogP contribution < -0.4 is 9.47 Å². The second-order valence-electron chi connectivity index (χ2n) is 5.87. The summed E-state index contributed by atoms with van der Waals surface area (Å²) in [5.41, 5.74) is 1.68. The number of ketones is 1. The Labute approximate surface area is 161 Å². The van der Waals surface area contributed by atoms with Gasteiger partial charge in [-0.1, -0.05) is 53.6 Å². The van der Waals surface area contributed by atoms with E-state index in [1.54, 1.807) is 37.4 Å². The molecule has 3 aromatic carbocycles. The van der Waals surface area contributed by atoms with E-state index < -0.39 is 0 Å². The number of para-hydroxylation sites is 1. The van der Waals surface area contributed by atoms with Gasteiger partial charge in [0.1, 0.15) is 11.5 Å². The maximum Gasteiger partial charge on any atom is 0.345 e. The predicted molar refractivity (Wildman–Crippen MR) is 102 cm³/mol. The molecule has 1 aromatic heterocycles. The van der Waals surface area contributed by atoms with Gasteiger partial charge in [-0.2, -0.15) is 4.68 Å². The fourth-order valence-corrected chi connectivity index (χ4v) is 2.72. The normalized spacial score (nSPS) is 10.5. The van der Waals surface area contributed by atoms with Crippen LogP contribution in [0.5, 0.6) is 17.5 Å². The van der Waals surface area contributed by atoms with Gasteiger partial charge in [0.2, 0.25) is 0 Å². The highest BCUT2D eigenvalue weighted by Gasteiger charge is 2.19. The smallest absolute Gasteiger partial charge is 0.345 e. The van der Waals surface area contributed by atoms with E-state index in [-0.39, 0.29) is 11.8 Å². The lowest BCUT2D eigenvalue weighted by Crippen LogP contribution is -2.06. The van der Waals surface area contributed by atoms with E-state index in [9.17, 15) is 4.79 Å². The third-order valence-corrected chi connectivity index (χ3v) is 4.11. The van der Waals surface area contributed by atoms with Gasteiger partial charge in [0.05, 0.1) is 18.4 Å². The Hall–Kier alpha value is -4.00. The number of hydrogen-bond donors (Lipinski definition) is 0. The largest absolute Gasteiger partial charge is 0.497 e. The number of methoxy groups -OCH3 is 1. The zero-order chi connectivity index (χ0) is 19.3. The molecule has 0 saturated heterocycles. The van der Waals surface area contributed by atoms with Crippen LogP contribution in [0.25, 0.3) is 5.69 Å². The molecular formula is C21H16N4O3. The summed E-state index contributed by atoms with van der Waals surface area (Å²) in [7, 11) is 1.55. The summed E-state index contributed by atoms with van der Waals surface area (Å²) in [4.78, 5) is 13.0. The predicted octanol–water partition coefficient (Wildman–Crippen LogP) is 3.69. The number of ether oxygens (including phenoxy) is 2. The van der Waals surface area contributed by atoms with Crippen molar-refractivity contribution in [3.05, 3.63) is 90.0 Å². The van der Waals surface area contributed by atoms with Crippen molar-refractivity contribution in [3.8, 4) is 23.2 Å². The van der Waals surface area contributed by atoms with Crippen molar-refractivity contribution < 1.29 is 14.3 Å². The number of nitrogens with zero attached hydrogens (tertiary/aromatic N) is 4. The number of tetrazole rings is 1. The molecule has 0 aliphatic rings. The molecule has 7 nitrogen and oxygen atoms in total. The molecule has 0 aliphatic carbocycles. The van der Waals surface area contributed by atoms with Gasteiger partial charge in [-0.05, 0) is 34.7 Å². The van der Waals surface area contributed by atoms with E-state index >= 15 is 0 Å². The van der Waals surface area contributed by atoms with Crippen molar-refractivity contribution in [2.45, 2.75) is 0 Å². The summed E-state index contributed by atoms with van der Waals surface area (Å²) in [5.74, 6) is 0.690. The summed E-state index contributed by atoms with van der Waals surface area (Å²) in [6, 6.07) is 23.5. The van der Waals surface area contributed by atoms with Gasteiger partial charge in [0.25, 0.3) is 0 Å². The van der Waals surface area contributed by atoms with Crippen LogP contribution in [0.15, 0.2) is 78.9 Å². The van der Waals surface area contributed by atoms with Crippen LogP contribution in [0.2, 0.25) is 0 Å². The topological polar surface area (TPSA) is 79.1 Å². The van der Waals surface area contributed by atoms with Crippen LogP contribution in [0, 0.1) is 0 Å². The Kier molecular flexibility index (Phi) is 4.79. The van der Waals surface area contributed by atoms with Crippen molar-refractivity contribution in [2.75, 3.05) is 7.11 Å². The minimum absolute atomic E-state index is 0.140. The average Bonchev–Trinajstić information content (AvgIpc) is 3.22. The van der Waals surface area contributed by atoms with Crippen molar-refractivity contribution in [1.29, 1.82) is 0 Å². The maximum atomic E-state index is 13.0. The third-order valence-electron chi connectivity index (χ3n) is 4.11. The molecule has 138 valence electrons. The first-order chi connectivity index (χ1) is 13.8. The zero-order valence-corrected chi connectivity index (χ0v) is 15.0. The molecule has 0 radical (unpaired) electrons. The van der Waals surface area contributed by atoms with Gasteiger partial charge in [0.15, 0.2) is 5.78 Å². The molecule has 0 unspecified atom stereocenters. The molecule has 4 aromatic rings. The number of aromatic nitrogens is 4. The van der Waals surface area contributed by atoms with E-state index in [4.69, 9.17) is 9.47 Å². The Morgan fingerprint density at radius 3 is 2.36 bits per heavy atom. The molecule has 1 heterocycles. The first kappa shape index (κ1) is 17.4. The molecule has 28 heavy (non-hydrogen) atoms. The van der Waals surface area contributed by atoms with E-state index in [0.717, 1.165) is 5.69 Å². The highest BCUT2D eigenvalue weighted by atomic mass is 16.5. The molecule has 0 fully saturated rings. The molecule has 0 bridgehead atoms.